The topological polar surface area (TPSA) is 92.1 Å². The summed E-state index contributed by atoms with van der Waals surface area (Å²) >= 11 is 0. The zero-order chi connectivity index (χ0) is 14.8. The maximum absolute atomic E-state index is 12.3. The van der Waals surface area contributed by atoms with E-state index in [2.05, 4.69) is 14.9 Å². The molecule has 0 bridgehead atoms. The summed E-state index contributed by atoms with van der Waals surface area (Å²) in [7, 11) is -3.40. The van der Waals surface area contributed by atoms with Crippen LogP contribution in [0.2, 0.25) is 0 Å². The summed E-state index contributed by atoms with van der Waals surface area (Å²) in [4.78, 5) is 9.04. The van der Waals surface area contributed by atoms with Crippen molar-refractivity contribution in [3.63, 3.8) is 0 Å². The number of H-pyrrole nitrogens is 1. The number of hydrogen-bond donors (Lipinski definition) is 2. The number of fused-ring (bicyclic) bond motifs is 1. The molecule has 1 aromatic heterocycles. The highest BCUT2D eigenvalue weighted by molar-refractivity contribution is 7.91. The standard InChI is InChI=1S/C13H20N4O2S/c1-3-17(4-2)7-8-20(18,19)13-15-11-6-5-10(14)9-12(11)16-13/h5-6,9H,3-4,7-8,14H2,1-2H3,(H,15,16). The maximum Gasteiger partial charge on any atom is 0.226 e. The Bertz CT molecular complexity index is 689. The van der Waals surface area contributed by atoms with E-state index >= 15 is 0 Å². The fourth-order valence-electron chi connectivity index (χ4n) is 2.04. The molecule has 20 heavy (non-hydrogen) atoms. The van der Waals surface area contributed by atoms with Gasteiger partial charge in [0.1, 0.15) is 0 Å². The molecule has 0 radical (unpaired) electrons. The molecule has 0 spiro atoms. The molecule has 7 heteroatoms. The van der Waals surface area contributed by atoms with E-state index in [-0.39, 0.29) is 10.9 Å². The average Bonchev–Trinajstić information content (AvgIpc) is 2.83. The van der Waals surface area contributed by atoms with Crippen LogP contribution in [0, 0.1) is 0 Å². The van der Waals surface area contributed by atoms with E-state index in [9.17, 15) is 8.42 Å². The molecule has 0 saturated carbocycles. The van der Waals surface area contributed by atoms with Crippen molar-refractivity contribution in [3.05, 3.63) is 18.2 Å². The van der Waals surface area contributed by atoms with Crippen LogP contribution >= 0.6 is 0 Å². The third-order valence-corrected chi connectivity index (χ3v) is 4.85. The Morgan fingerprint density at radius 1 is 1.30 bits per heavy atom. The zero-order valence-corrected chi connectivity index (χ0v) is 12.6. The van der Waals surface area contributed by atoms with Gasteiger partial charge in [0.15, 0.2) is 0 Å². The lowest BCUT2D eigenvalue weighted by molar-refractivity contribution is 0.321. The van der Waals surface area contributed by atoms with Crippen molar-refractivity contribution in [1.29, 1.82) is 0 Å². The van der Waals surface area contributed by atoms with Crippen LogP contribution in [0.1, 0.15) is 13.8 Å². The molecule has 2 aromatic rings. The normalized spacial score (nSPS) is 12.3. The minimum absolute atomic E-state index is 0.0188. The molecular weight excluding hydrogens is 276 g/mol. The number of nitrogens with two attached hydrogens (primary N) is 1. The third kappa shape index (κ3) is 3.10. The molecule has 0 amide bonds. The second kappa shape index (κ2) is 5.80. The Morgan fingerprint density at radius 3 is 2.65 bits per heavy atom. The summed E-state index contributed by atoms with van der Waals surface area (Å²) in [5.74, 6) is 0.0595. The summed E-state index contributed by atoms with van der Waals surface area (Å²) < 4.78 is 24.5. The van der Waals surface area contributed by atoms with Crippen LogP contribution in [0.15, 0.2) is 23.4 Å². The van der Waals surface area contributed by atoms with Gasteiger partial charge in [-0.05, 0) is 31.3 Å². The second-order valence-electron chi connectivity index (χ2n) is 4.66. The van der Waals surface area contributed by atoms with Gasteiger partial charge in [0.2, 0.25) is 15.0 Å². The first-order valence-electron chi connectivity index (χ1n) is 6.66. The first-order chi connectivity index (χ1) is 9.46. The molecule has 0 fully saturated rings. The van der Waals surface area contributed by atoms with Gasteiger partial charge in [0.25, 0.3) is 0 Å². The van der Waals surface area contributed by atoms with E-state index in [1.54, 1.807) is 18.2 Å². The number of hydrogen-bond acceptors (Lipinski definition) is 5. The van der Waals surface area contributed by atoms with Crippen LogP contribution in [0.25, 0.3) is 11.0 Å². The number of anilines is 1. The number of aromatic amines is 1. The van der Waals surface area contributed by atoms with Gasteiger partial charge in [0, 0.05) is 12.2 Å². The van der Waals surface area contributed by atoms with Crippen molar-refractivity contribution in [3.8, 4) is 0 Å². The Hall–Kier alpha value is -1.60. The van der Waals surface area contributed by atoms with Crippen molar-refractivity contribution < 1.29 is 8.42 Å². The Morgan fingerprint density at radius 2 is 2.00 bits per heavy atom. The van der Waals surface area contributed by atoms with Gasteiger partial charge in [0.05, 0.1) is 16.8 Å². The molecule has 0 saturated heterocycles. The summed E-state index contributed by atoms with van der Waals surface area (Å²) in [6.45, 7) is 6.21. The number of nitrogens with one attached hydrogen (secondary N) is 1. The van der Waals surface area contributed by atoms with E-state index in [4.69, 9.17) is 5.73 Å². The molecule has 6 nitrogen and oxygen atoms in total. The lowest BCUT2D eigenvalue weighted by Crippen LogP contribution is -2.29. The highest BCUT2D eigenvalue weighted by atomic mass is 32.2. The largest absolute Gasteiger partial charge is 0.399 e. The first-order valence-corrected chi connectivity index (χ1v) is 8.32. The van der Waals surface area contributed by atoms with Gasteiger partial charge in [-0.25, -0.2) is 13.4 Å². The summed E-state index contributed by atoms with van der Waals surface area (Å²) in [5.41, 5.74) is 7.51. The number of rotatable bonds is 6. The number of benzene rings is 1. The smallest absolute Gasteiger partial charge is 0.226 e. The molecule has 0 aliphatic heterocycles. The highest BCUT2D eigenvalue weighted by Gasteiger charge is 2.20. The van der Waals surface area contributed by atoms with Gasteiger partial charge in [-0.2, -0.15) is 0 Å². The molecule has 1 aromatic carbocycles. The predicted octanol–water partition coefficient (Wildman–Crippen LogP) is 1.26. The van der Waals surface area contributed by atoms with E-state index in [0.717, 1.165) is 13.1 Å². The lowest BCUT2D eigenvalue weighted by Gasteiger charge is -2.16. The predicted molar refractivity (Wildman–Crippen MR) is 80.3 cm³/mol. The quantitative estimate of drug-likeness (QED) is 0.783. The molecule has 0 unspecified atom stereocenters. The van der Waals surface area contributed by atoms with Gasteiger partial charge in [-0.1, -0.05) is 13.8 Å². The van der Waals surface area contributed by atoms with Crippen LogP contribution in [-0.4, -0.2) is 48.7 Å². The van der Waals surface area contributed by atoms with Gasteiger partial charge < -0.3 is 15.6 Å². The van der Waals surface area contributed by atoms with Gasteiger partial charge >= 0.3 is 0 Å². The second-order valence-corrected chi connectivity index (χ2v) is 6.69. The van der Waals surface area contributed by atoms with Crippen molar-refractivity contribution >= 4 is 26.6 Å². The number of sulfone groups is 1. The molecule has 0 aliphatic rings. The van der Waals surface area contributed by atoms with Crippen molar-refractivity contribution in [2.24, 2.45) is 0 Å². The van der Waals surface area contributed by atoms with Crippen LogP contribution in [-0.2, 0) is 9.84 Å². The monoisotopic (exact) mass is 296 g/mol. The van der Waals surface area contributed by atoms with E-state index in [1.165, 1.54) is 0 Å². The van der Waals surface area contributed by atoms with Gasteiger partial charge in [-0.3, -0.25) is 0 Å². The summed E-state index contributed by atoms with van der Waals surface area (Å²) in [5, 5.41) is 0.0188. The van der Waals surface area contributed by atoms with Crippen molar-refractivity contribution in [2.75, 3.05) is 31.1 Å². The molecule has 110 valence electrons. The van der Waals surface area contributed by atoms with E-state index in [0.29, 0.717) is 23.3 Å². The molecule has 1 heterocycles. The van der Waals surface area contributed by atoms with E-state index in [1.807, 2.05) is 13.8 Å². The van der Waals surface area contributed by atoms with Crippen molar-refractivity contribution in [1.82, 2.24) is 14.9 Å². The fourth-order valence-corrected chi connectivity index (χ4v) is 3.23. The average molecular weight is 296 g/mol. The van der Waals surface area contributed by atoms with Crippen LogP contribution < -0.4 is 5.73 Å². The molecule has 3 N–H and O–H groups in total. The minimum Gasteiger partial charge on any atom is -0.399 e. The third-order valence-electron chi connectivity index (χ3n) is 3.35. The maximum atomic E-state index is 12.3. The SMILES string of the molecule is CCN(CC)CCS(=O)(=O)c1nc2ccc(N)cc2[nH]1. The lowest BCUT2D eigenvalue weighted by atomic mass is 10.3. The fraction of sp³-hybridized carbons (Fsp3) is 0.462. The molecule has 0 atom stereocenters. The highest BCUT2D eigenvalue weighted by Crippen LogP contribution is 2.18. The van der Waals surface area contributed by atoms with Gasteiger partial charge in [-0.15, -0.1) is 0 Å². The Balaban J connectivity index is 2.23. The minimum atomic E-state index is -3.40. The molecule has 0 aliphatic carbocycles. The summed E-state index contributed by atoms with van der Waals surface area (Å²) in [6.07, 6.45) is 0. The van der Waals surface area contributed by atoms with Crippen molar-refractivity contribution in [2.45, 2.75) is 19.0 Å². The molecule has 2 rings (SSSR count). The first kappa shape index (κ1) is 14.8. The van der Waals surface area contributed by atoms with E-state index < -0.39 is 9.84 Å². The number of nitrogen functional groups attached to an aromatic ring is 1. The van der Waals surface area contributed by atoms with Crippen LogP contribution in [0.4, 0.5) is 5.69 Å². The Kier molecular flexibility index (Phi) is 4.29. The van der Waals surface area contributed by atoms with Crippen LogP contribution in [0.3, 0.4) is 0 Å². The number of imidazole rings is 1. The Labute approximate surface area is 118 Å². The molecular formula is C13H20N4O2S. The zero-order valence-electron chi connectivity index (χ0n) is 11.8. The summed E-state index contributed by atoms with van der Waals surface area (Å²) in [6, 6.07) is 5.10. The number of aromatic nitrogens is 2. The number of nitrogens with zero attached hydrogens (tertiary/aromatic N) is 2. The van der Waals surface area contributed by atoms with Crippen LogP contribution in [0.5, 0.6) is 0 Å².